The largest absolute Gasteiger partial charge is 0.480 e. The van der Waals surface area contributed by atoms with E-state index in [1.165, 1.54) is 12.0 Å². The van der Waals surface area contributed by atoms with E-state index in [2.05, 4.69) is 0 Å². The number of carbonyl (C=O) groups excluding carboxylic acids is 1. The van der Waals surface area contributed by atoms with Crippen molar-refractivity contribution >= 4 is 11.9 Å². The highest BCUT2D eigenvalue weighted by Gasteiger charge is 2.41. The van der Waals surface area contributed by atoms with Gasteiger partial charge in [-0.2, -0.15) is 0 Å². The second-order valence-electron chi connectivity index (χ2n) is 4.22. The number of aliphatic carboxylic acids is 1. The number of hydrogen-bond acceptors (Lipinski definition) is 4. The van der Waals surface area contributed by atoms with Gasteiger partial charge < -0.3 is 19.5 Å². The molecule has 1 aliphatic heterocycles. The van der Waals surface area contributed by atoms with Crippen LogP contribution >= 0.6 is 0 Å². The number of hydrogen-bond donors (Lipinski definition) is 1. The molecule has 2 atom stereocenters. The number of carbonyl (C=O) groups is 2. The highest BCUT2D eigenvalue weighted by atomic mass is 16.5. The maximum absolute atomic E-state index is 12.3. The van der Waals surface area contributed by atoms with Gasteiger partial charge in [-0.05, 0) is 13.3 Å². The molecule has 0 radical (unpaired) electrons. The first-order chi connectivity index (χ1) is 7.96. The molecule has 0 bridgehead atoms. The molecule has 1 amide bonds. The first-order valence-electron chi connectivity index (χ1n) is 5.63. The molecule has 1 rings (SSSR count). The Labute approximate surface area is 100 Å². The molecule has 0 aromatic rings. The van der Waals surface area contributed by atoms with Crippen LogP contribution in [0.5, 0.6) is 0 Å². The lowest BCUT2D eigenvalue weighted by molar-refractivity contribution is -0.170. The van der Waals surface area contributed by atoms with Crippen molar-refractivity contribution in [3.63, 3.8) is 0 Å². The van der Waals surface area contributed by atoms with Crippen molar-refractivity contribution in [1.29, 1.82) is 0 Å². The summed E-state index contributed by atoms with van der Waals surface area (Å²) in [6.45, 7) is 4.18. The molecule has 0 aromatic carbocycles. The van der Waals surface area contributed by atoms with Crippen LogP contribution in [0.1, 0.15) is 20.3 Å². The van der Waals surface area contributed by atoms with Crippen LogP contribution < -0.4 is 0 Å². The Morgan fingerprint density at radius 1 is 1.59 bits per heavy atom. The average Bonchev–Trinajstić information content (AvgIpc) is 2.36. The quantitative estimate of drug-likeness (QED) is 0.761. The SMILES string of the molecule is CCC(C)(OC)C(=O)N1CCOCC1C(=O)O. The first-order valence-corrected chi connectivity index (χ1v) is 5.63. The van der Waals surface area contributed by atoms with Crippen molar-refractivity contribution in [2.75, 3.05) is 26.9 Å². The second kappa shape index (κ2) is 5.46. The van der Waals surface area contributed by atoms with E-state index in [0.29, 0.717) is 13.0 Å². The summed E-state index contributed by atoms with van der Waals surface area (Å²) in [6.07, 6.45) is 0.492. The Morgan fingerprint density at radius 2 is 2.24 bits per heavy atom. The number of rotatable bonds is 4. The zero-order chi connectivity index (χ0) is 13.1. The maximum Gasteiger partial charge on any atom is 0.328 e. The second-order valence-corrected chi connectivity index (χ2v) is 4.22. The molecule has 1 heterocycles. The minimum absolute atomic E-state index is 0.0323. The van der Waals surface area contributed by atoms with Gasteiger partial charge in [0.15, 0.2) is 6.04 Å². The summed E-state index contributed by atoms with van der Waals surface area (Å²) in [4.78, 5) is 24.7. The normalized spacial score (nSPS) is 24.2. The Kier molecular flexibility index (Phi) is 4.47. The number of ether oxygens (including phenoxy) is 2. The number of carboxylic acid groups (broad SMARTS) is 1. The van der Waals surface area contributed by atoms with E-state index in [4.69, 9.17) is 14.6 Å². The van der Waals surface area contributed by atoms with E-state index < -0.39 is 17.6 Å². The minimum atomic E-state index is -1.05. The van der Waals surface area contributed by atoms with E-state index in [0.717, 1.165) is 0 Å². The van der Waals surface area contributed by atoms with Gasteiger partial charge in [0.25, 0.3) is 5.91 Å². The third-order valence-electron chi connectivity index (χ3n) is 3.25. The van der Waals surface area contributed by atoms with E-state index in [9.17, 15) is 9.59 Å². The Bertz CT molecular complexity index is 300. The van der Waals surface area contributed by atoms with Crippen molar-refractivity contribution < 1.29 is 24.2 Å². The number of nitrogens with zero attached hydrogens (tertiary/aromatic N) is 1. The molecular weight excluding hydrogens is 226 g/mol. The third-order valence-corrected chi connectivity index (χ3v) is 3.25. The topological polar surface area (TPSA) is 76.1 Å². The van der Waals surface area contributed by atoms with Crippen molar-refractivity contribution in [1.82, 2.24) is 4.90 Å². The Hall–Kier alpha value is -1.14. The molecule has 1 saturated heterocycles. The first kappa shape index (κ1) is 13.9. The zero-order valence-electron chi connectivity index (χ0n) is 10.4. The molecule has 0 aromatic heterocycles. The molecule has 0 saturated carbocycles. The van der Waals surface area contributed by atoms with E-state index in [1.54, 1.807) is 6.92 Å². The summed E-state index contributed by atoms with van der Waals surface area (Å²) in [6, 6.07) is -0.919. The zero-order valence-corrected chi connectivity index (χ0v) is 10.4. The molecule has 6 heteroatoms. The summed E-state index contributed by atoms with van der Waals surface area (Å²) < 4.78 is 10.3. The number of carboxylic acids is 1. The van der Waals surface area contributed by atoms with Crippen LogP contribution in [0.15, 0.2) is 0 Å². The van der Waals surface area contributed by atoms with Crippen LogP contribution in [-0.2, 0) is 19.1 Å². The molecule has 17 heavy (non-hydrogen) atoms. The summed E-state index contributed by atoms with van der Waals surface area (Å²) >= 11 is 0. The third kappa shape index (κ3) is 2.76. The van der Waals surface area contributed by atoms with E-state index in [1.807, 2.05) is 6.92 Å². The standard InChI is InChI=1S/C11H19NO5/c1-4-11(2,16-3)10(15)12-5-6-17-7-8(12)9(13)14/h8H,4-7H2,1-3H3,(H,13,14). The van der Waals surface area contributed by atoms with Crippen LogP contribution in [0.3, 0.4) is 0 Å². The van der Waals surface area contributed by atoms with Gasteiger partial charge in [-0.25, -0.2) is 4.79 Å². The van der Waals surface area contributed by atoms with Gasteiger partial charge in [0, 0.05) is 13.7 Å². The van der Waals surface area contributed by atoms with Crippen molar-refractivity contribution in [3.05, 3.63) is 0 Å². The number of morpholine rings is 1. The number of methoxy groups -OCH3 is 1. The van der Waals surface area contributed by atoms with Gasteiger partial charge in [-0.3, -0.25) is 4.79 Å². The van der Waals surface area contributed by atoms with Gasteiger partial charge in [0.2, 0.25) is 0 Å². The molecule has 98 valence electrons. The van der Waals surface area contributed by atoms with Gasteiger partial charge in [-0.15, -0.1) is 0 Å². The predicted molar refractivity (Wildman–Crippen MR) is 59.7 cm³/mol. The van der Waals surface area contributed by atoms with Crippen LogP contribution in [0.2, 0.25) is 0 Å². The summed E-state index contributed by atoms with van der Waals surface area (Å²) in [5, 5.41) is 9.05. The van der Waals surface area contributed by atoms with Crippen LogP contribution in [0.4, 0.5) is 0 Å². The van der Waals surface area contributed by atoms with Crippen molar-refractivity contribution in [3.8, 4) is 0 Å². The monoisotopic (exact) mass is 245 g/mol. The Balaban J connectivity index is 2.88. The summed E-state index contributed by atoms with van der Waals surface area (Å²) in [7, 11) is 1.46. The van der Waals surface area contributed by atoms with Gasteiger partial charge in [0.05, 0.1) is 13.2 Å². The molecule has 1 fully saturated rings. The maximum atomic E-state index is 12.3. The lowest BCUT2D eigenvalue weighted by atomic mass is 10.00. The van der Waals surface area contributed by atoms with Crippen LogP contribution in [0, 0.1) is 0 Å². The fraction of sp³-hybridized carbons (Fsp3) is 0.818. The molecule has 6 nitrogen and oxygen atoms in total. The molecule has 1 N–H and O–H groups in total. The molecule has 1 aliphatic rings. The van der Waals surface area contributed by atoms with Gasteiger partial charge in [0.1, 0.15) is 5.60 Å². The highest BCUT2D eigenvalue weighted by Crippen LogP contribution is 2.21. The van der Waals surface area contributed by atoms with Gasteiger partial charge in [-0.1, -0.05) is 6.92 Å². The Morgan fingerprint density at radius 3 is 2.71 bits per heavy atom. The summed E-state index contributed by atoms with van der Waals surface area (Å²) in [5.74, 6) is -1.34. The molecular formula is C11H19NO5. The van der Waals surface area contributed by atoms with Gasteiger partial charge >= 0.3 is 5.97 Å². The lowest BCUT2D eigenvalue weighted by Crippen LogP contribution is -2.58. The molecule has 2 unspecified atom stereocenters. The predicted octanol–water partition coefficient (Wildman–Crippen LogP) is 0.114. The van der Waals surface area contributed by atoms with E-state index in [-0.39, 0.29) is 19.1 Å². The fourth-order valence-electron chi connectivity index (χ4n) is 1.74. The summed E-state index contributed by atoms with van der Waals surface area (Å²) in [5.41, 5.74) is -0.967. The smallest absolute Gasteiger partial charge is 0.328 e. The van der Waals surface area contributed by atoms with Crippen molar-refractivity contribution in [2.45, 2.75) is 31.9 Å². The van der Waals surface area contributed by atoms with Crippen molar-refractivity contribution in [2.24, 2.45) is 0 Å². The van der Waals surface area contributed by atoms with Crippen LogP contribution in [0.25, 0.3) is 0 Å². The minimum Gasteiger partial charge on any atom is -0.480 e. The molecule has 0 spiro atoms. The highest BCUT2D eigenvalue weighted by molar-refractivity contribution is 5.89. The molecule has 0 aliphatic carbocycles. The fourth-order valence-corrected chi connectivity index (χ4v) is 1.74. The lowest BCUT2D eigenvalue weighted by Gasteiger charge is -2.38. The average molecular weight is 245 g/mol. The van der Waals surface area contributed by atoms with E-state index >= 15 is 0 Å². The van der Waals surface area contributed by atoms with Crippen LogP contribution in [-0.4, -0.2) is 60.4 Å². The number of amides is 1.